The molecule has 1 aliphatic rings. The Morgan fingerprint density at radius 1 is 1.42 bits per heavy atom. The van der Waals surface area contributed by atoms with Gasteiger partial charge in [-0.25, -0.2) is 9.59 Å². The smallest absolute Gasteiger partial charge is 0.326 e. The molecular formula is C13H24N2O4. The van der Waals surface area contributed by atoms with Crippen LogP contribution in [0.3, 0.4) is 0 Å². The van der Waals surface area contributed by atoms with E-state index in [0.29, 0.717) is 13.0 Å². The average Bonchev–Trinajstić information content (AvgIpc) is 2.80. The zero-order valence-electron chi connectivity index (χ0n) is 11.6. The maximum atomic E-state index is 11.6. The van der Waals surface area contributed by atoms with Gasteiger partial charge in [0.25, 0.3) is 0 Å². The molecule has 0 saturated carbocycles. The van der Waals surface area contributed by atoms with Crippen molar-refractivity contribution in [2.24, 2.45) is 5.92 Å². The Morgan fingerprint density at radius 3 is 2.68 bits per heavy atom. The van der Waals surface area contributed by atoms with Crippen molar-refractivity contribution >= 4 is 12.0 Å². The number of aliphatic carboxylic acids is 1. The SMILES string of the molecule is CC(C)C[C@@H](NC(=O)NCCC1CCCO1)C(=O)O. The van der Waals surface area contributed by atoms with Gasteiger partial charge in [0, 0.05) is 13.2 Å². The number of urea groups is 1. The summed E-state index contributed by atoms with van der Waals surface area (Å²) in [5.41, 5.74) is 0. The predicted molar refractivity (Wildman–Crippen MR) is 71.0 cm³/mol. The molecule has 6 nitrogen and oxygen atoms in total. The molecule has 0 spiro atoms. The van der Waals surface area contributed by atoms with Gasteiger partial charge in [-0.3, -0.25) is 0 Å². The largest absolute Gasteiger partial charge is 0.480 e. The molecule has 1 rings (SSSR count). The maximum absolute atomic E-state index is 11.6. The molecule has 0 aromatic heterocycles. The van der Waals surface area contributed by atoms with E-state index in [-0.39, 0.29) is 12.0 Å². The molecule has 1 unspecified atom stereocenters. The van der Waals surface area contributed by atoms with Gasteiger partial charge in [-0.2, -0.15) is 0 Å². The van der Waals surface area contributed by atoms with Crippen LogP contribution in [0.4, 0.5) is 4.79 Å². The molecule has 1 aliphatic heterocycles. The van der Waals surface area contributed by atoms with E-state index in [1.165, 1.54) is 0 Å². The molecule has 2 atom stereocenters. The molecule has 0 bridgehead atoms. The third kappa shape index (κ3) is 6.42. The van der Waals surface area contributed by atoms with Crippen molar-refractivity contribution in [2.45, 2.75) is 51.7 Å². The summed E-state index contributed by atoms with van der Waals surface area (Å²) in [5.74, 6) is -0.781. The number of hydrogen-bond acceptors (Lipinski definition) is 3. The molecule has 0 aliphatic carbocycles. The van der Waals surface area contributed by atoms with Crippen LogP contribution in [0.2, 0.25) is 0 Å². The molecule has 110 valence electrons. The Morgan fingerprint density at radius 2 is 2.16 bits per heavy atom. The van der Waals surface area contributed by atoms with Crippen molar-refractivity contribution in [1.82, 2.24) is 10.6 Å². The van der Waals surface area contributed by atoms with Crippen LogP contribution in [0.25, 0.3) is 0 Å². The number of carbonyl (C=O) groups is 2. The summed E-state index contributed by atoms with van der Waals surface area (Å²) in [6.45, 7) is 5.15. The summed E-state index contributed by atoms with van der Waals surface area (Å²) >= 11 is 0. The number of carbonyl (C=O) groups excluding carboxylic acids is 1. The highest BCUT2D eigenvalue weighted by Crippen LogP contribution is 2.14. The second-order valence-corrected chi connectivity index (χ2v) is 5.34. The van der Waals surface area contributed by atoms with Crippen molar-refractivity contribution < 1.29 is 19.4 Å². The third-order valence-electron chi connectivity index (χ3n) is 3.09. The monoisotopic (exact) mass is 272 g/mol. The second-order valence-electron chi connectivity index (χ2n) is 5.34. The summed E-state index contributed by atoms with van der Waals surface area (Å²) in [4.78, 5) is 22.6. The van der Waals surface area contributed by atoms with E-state index in [1.54, 1.807) is 0 Å². The average molecular weight is 272 g/mol. The first-order valence-corrected chi connectivity index (χ1v) is 6.87. The summed E-state index contributed by atoms with van der Waals surface area (Å²) < 4.78 is 5.44. The molecule has 3 N–H and O–H groups in total. The summed E-state index contributed by atoms with van der Waals surface area (Å²) in [5, 5.41) is 14.2. The van der Waals surface area contributed by atoms with E-state index in [2.05, 4.69) is 10.6 Å². The Labute approximate surface area is 113 Å². The minimum Gasteiger partial charge on any atom is -0.480 e. The topological polar surface area (TPSA) is 87.7 Å². The van der Waals surface area contributed by atoms with Crippen LogP contribution < -0.4 is 10.6 Å². The summed E-state index contributed by atoms with van der Waals surface area (Å²) in [6.07, 6.45) is 3.54. The first kappa shape index (κ1) is 15.8. The highest BCUT2D eigenvalue weighted by Gasteiger charge is 2.21. The van der Waals surface area contributed by atoms with E-state index >= 15 is 0 Å². The van der Waals surface area contributed by atoms with Crippen LogP contribution in [-0.4, -0.2) is 42.4 Å². The van der Waals surface area contributed by atoms with Gasteiger partial charge in [0.05, 0.1) is 6.10 Å². The lowest BCUT2D eigenvalue weighted by Crippen LogP contribution is -2.47. The molecule has 0 aromatic carbocycles. The molecule has 0 radical (unpaired) electrons. The lowest BCUT2D eigenvalue weighted by Gasteiger charge is -2.17. The van der Waals surface area contributed by atoms with E-state index in [1.807, 2.05) is 13.8 Å². The highest BCUT2D eigenvalue weighted by molar-refractivity contribution is 5.82. The van der Waals surface area contributed by atoms with Gasteiger partial charge in [0.1, 0.15) is 6.04 Å². The molecule has 2 amide bonds. The van der Waals surface area contributed by atoms with E-state index in [0.717, 1.165) is 25.9 Å². The first-order valence-electron chi connectivity index (χ1n) is 6.87. The standard InChI is InChI=1S/C13H24N2O4/c1-9(2)8-11(12(16)17)15-13(18)14-6-5-10-4-3-7-19-10/h9-11H,3-8H2,1-2H3,(H,16,17)(H2,14,15,18)/t10?,11-/m1/s1. The van der Waals surface area contributed by atoms with Crippen LogP contribution in [0.15, 0.2) is 0 Å². The van der Waals surface area contributed by atoms with Gasteiger partial charge in [-0.1, -0.05) is 13.8 Å². The first-order chi connectivity index (χ1) is 8.99. The zero-order valence-corrected chi connectivity index (χ0v) is 11.6. The van der Waals surface area contributed by atoms with Crippen LogP contribution in [-0.2, 0) is 9.53 Å². The molecular weight excluding hydrogens is 248 g/mol. The number of rotatable bonds is 7. The van der Waals surface area contributed by atoms with Gasteiger partial charge in [-0.15, -0.1) is 0 Å². The summed E-state index contributed by atoms with van der Waals surface area (Å²) in [7, 11) is 0. The number of amides is 2. The van der Waals surface area contributed by atoms with Gasteiger partial charge >= 0.3 is 12.0 Å². The fourth-order valence-electron chi connectivity index (χ4n) is 2.12. The zero-order chi connectivity index (χ0) is 14.3. The van der Waals surface area contributed by atoms with E-state index < -0.39 is 18.0 Å². The minimum atomic E-state index is -0.997. The molecule has 19 heavy (non-hydrogen) atoms. The number of carboxylic acid groups (broad SMARTS) is 1. The van der Waals surface area contributed by atoms with Crippen LogP contribution in [0, 0.1) is 5.92 Å². The van der Waals surface area contributed by atoms with Crippen molar-refractivity contribution in [3.8, 4) is 0 Å². The second kappa shape index (κ2) is 7.99. The minimum absolute atomic E-state index is 0.216. The molecule has 6 heteroatoms. The Balaban J connectivity index is 2.21. The number of nitrogens with one attached hydrogen (secondary N) is 2. The predicted octanol–water partition coefficient (Wildman–Crippen LogP) is 1.35. The Bertz CT molecular complexity index is 301. The highest BCUT2D eigenvalue weighted by atomic mass is 16.5. The molecule has 0 aromatic rings. The van der Waals surface area contributed by atoms with Gasteiger partial charge in [0.15, 0.2) is 0 Å². The maximum Gasteiger partial charge on any atom is 0.326 e. The van der Waals surface area contributed by atoms with E-state index in [4.69, 9.17) is 9.84 Å². The lowest BCUT2D eigenvalue weighted by molar-refractivity contribution is -0.139. The Hall–Kier alpha value is -1.30. The van der Waals surface area contributed by atoms with Crippen LogP contribution >= 0.6 is 0 Å². The fourth-order valence-corrected chi connectivity index (χ4v) is 2.12. The van der Waals surface area contributed by atoms with Gasteiger partial charge in [0.2, 0.25) is 0 Å². The van der Waals surface area contributed by atoms with Crippen molar-refractivity contribution in [2.75, 3.05) is 13.2 Å². The normalized spacial score (nSPS) is 20.3. The van der Waals surface area contributed by atoms with Gasteiger partial charge < -0.3 is 20.5 Å². The number of ether oxygens (including phenoxy) is 1. The van der Waals surface area contributed by atoms with Gasteiger partial charge in [-0.05, 0) is 31.6 Å². The Kier molecular flexibility index (Phi) is 6.62. The van der Waals surface area contributed by atoms with Crippen LogP contribution in [0.5, 0.6) is 0 Å². The quantitative estimate of drug-likeness (QED) is 0.653. The van der Waals surface area contributed by atoms with Crippen molar-refractivity contribution in [1.29, 1.82) is 0 Å². The van der Waals surface area contributed by atoms with Crippen molar-refractivity contribution in [3.63, 3.8) is 0 Å². The lowest BCUT2D eigenvalue weighted by atomic mass is 10.0. The third-order valence-corrected chi connectivity index (χ3v) is 3.09. The van der Waals surface area contributed by atoms with Crippen molar-refractivity contribution in [3.05, 3.63) is 0 Å². The molecule has 1 fully saturated rings. The molecule has 1 heterocycles. The molecule has 1 saturated heterocycles. The number of hydrogen-bond donors (Lipinski definition) is 3. The number of carboxylic acids is 1. The fraction of sp³-hybridized carbons (Fsp3) is 0.846. The van der Waals surface area contributed by atoms with E-state index in [9.17, 15) is 9.59 Å². The van der Waals surface area contributed by atoms with Crippen LogP contribution in [0.1, 0.15) is 39.5 Å². The summed E-state index contributed by atoms with van der Waals surface area (Å²) in [6, 6.07) is -1.26.